The first-order chi connectivity index (χ1) is 14.0. The summed E-state index contributed by atoms with van der Waals surface area (Å²) in [5, 5.41) is 0. The van der Waals surface area contributed by atoms with Crippen LogP contribution < -0.4 is 9.80 Å². The monoisotopic (exact) mass is 402 g/mol. The highest BCUT2D eigenvalue weighted by atomic mass is 19.2. The van der Waals surface area contributed by atoms with Gasteiger partial charge in [-0.05, 0) is 25.2 Å². The van der Waals surface area contributed by atoms with Crippen LogP contribution in [0.4, 0.5) is 20.4 Å². The summed E-state index contributed by atoms with van der Waals surface area (Å²) in [4.78, 5) is 29.7. The van der Waals surface area contributed by atoms with Crippen molar-refractivity contribution in [1.82, 2.24) is 19.8 Å². The third kappa shape index (κ3) is 4.29. The van der Waals surface area contributed by atoms with Crippen LogP contribution in [0.2, 0.25) is 0 Å². The van der Waals surface area contributed by atoms with Crippen LogP contribution in [0.1, 0.15) is 10.4 Å². The Balaban J connectivity index is 1.39. The molecule has 0 atom stereocenters. The zero-order valence-corrected chi connectivity index (χ0v) is 16.4. The van der Waals surface area contributed by atoms with E-state index in [-0.39, 0.29) is 11.5 Å². The van der Waals surface area contributed by atoms with E-state index in [1.54, 1.807) is 11.2 Å². The molecule has 2 aromatic rings. The van der Waals surface area contributed by atoms with Crippen LogP contribution in [-0.4, -0.2) is 85.1 Å². The molecule has 29 heavy (non-hydrogen) atoms. The predicted molar refractivity (Wildman–Crippen MR) is 106 cm³/mol. The van der Waals surface area contributed by atoms with Crippen LogP contribution in [0.25, 0.3) is 0 Å². The summed E-state index contributed by atoms with van der Waals surface area (Å²) in [7, 11) is 2.11. The van der Waals surface area contributed by atoms with Crippen molar-refractivity contribution in [2.75, 3.05) is 69.2 Å². The average Bonchev–Trinajstić information content (AvgIpc) is 2.76. The van der Waals surface area contributed by atoms with Gasteiger partial charge in [-0.3, -0.25) is 4.79 Å². The highest BCUT2D eigenvalue weighted by molar-refractivity contribution is 5.94. The smallest absolute Gasteiger partial charge is 0.254 e. The molecule has 3 heterocycles. The summed E-state index contributed by atoms with van der Waals surface area (Å²) in [5.74, 6) is -0.486. The van der Waals surface area contributed by atoms with Gasteiger partial charge in [0.15, 0.2) is 11.6 Å². The van der Waals surface area contributed by atoms with Crippen molar-refractivity contribution in [3.8, 4) is 0 Å². The Hall–Kier alpha value is -2.81. The highest BCUT2D eigenvalue weighted by Gasteiger charge is 2.24. The highest BCUT2D eigenvalue weighted by Crippen LogP contribution is 2.21. The van der Waals surface area contributed by atoms with E-state index < -0.39 is 11.6 Å². The van der Waals surface area contributed by atoms with Crippen molar-refractivity contribution in [3.05, 3.63) is 47.8 Å². The topological polar surface area (TPSA) is 55.8 Å². The standard InChI is InChI=1S/C20H24F2N6O/c1-25-4-6-26(7-5-25)18-13-19(24-14-23-18)27-8-10-28(11-9-27)20(29)15-2-3-16(21)17(22)12-15/h2-3,12-14H,4-11H2,1H3. The molecule has 0 unspecified atom stereocenters. The van der Waals surface area contributed by atoms with Gasteiger partial charge in [-0.25, -0.2) is 18.7 Å². The number of hydrogen-bond acceptors (Lipinski definition) is 6. The van der Waals surface area contributed by atoms with Gasteiger partial charge in [-0.15, -0.1) is 0 Å². The zero-order valence-electron chi connectivity index (χ0n) is 16.4. The first-order valence-electron chi connectivity index (χ1n) is 9.76. The van der Waals surface area contributed by atoms with Crippen molar-refractivity contribution in [2.45, 2.75) is 0 Å². The van der Waals surface area contributed by atoms with Gasteiger partial charge in [0.1, 0.15) is 18.0 Å². The van der Waals surface area contributed by atoms with Gasteiger partial charge in [0.2, 0.25) is 0 Å². The Morgan fingerprint density at radius 1 is 0.828 bits per heavy atom. The number of aromatic nitrogens is 2. The second-order valence-corrected chi connectivity index (χ2v) is 7.43. The van der Waals surface area contributed by atoms with Crippen LogP contribution in [0.15, 0.2) is 30.6 Å². The second kappa shape index (κ2) is 8.28. The molecule has 0 saturated carbocycles. The minimum atomic E-state index is -1.01. The average molecular weight is 402 g/mol. The van der Waals surface area contributed by atoms with E-state index in [4.69, 9.17) is 0 Å². The molecule has 154 valence electrons. The molecule has 2 saturated heterocycles. The lowest BCUT2D eigenvalue weighted by Crippen LogP contribution is -2.49. The number of nitrogens with zero attached hydrogens (tertiary/aromatic N) is 6. The van der Waals surface area contributed by atoms with Gasteiger partial charge in [-0.2, -0.15) is 0 Å². The molecule has 2 fully saturated rings. The van der Waals surface area contributed by atoms with E-state index in [9.17, 15) is 13.6 Å². The minimum absolute atomic E-state index is 0.164. The largest absolute Gasteiger partial charge is 0.354 e. The first kappa shape index (κ1) is 19.5. The summed E-state index contributed by atoms with van der Waals surface area (Å²) >= 11 is 0. The van der Waals surface area contributed by atoms with Crippen LogP contribution in [0.3, 0.4) is 0 Å². The predicted octanol–water partition coefficient (Wildman–Crippen LogP) is 1.47. The lowest BCUT2D eigenvalue weighted by Gasteiger charge is -2.36. The van der Waals surface area contributed by atoms with Crippen LogP contribution in [0, 0.1) is 11.6 Å². The van der Waals surface area contributed by atoms with Gasteiger partial charge in [0, 0.05) is 64.0 Å². The first-order valence-corrected chi connectivity index (χ1v) is 9.76. The molecule has 2 aliphatic rings. The number of carbonyl (C=O) groups excluding carboxylic acids is 1. The third-order valence-corrected chi connectivity index (χ3v) is 5.52. The molecular formula is C20H24F2N6O. The van der Waals surface area contributed by atoms with E-state index in [1.165, 1.54) is 6.07 Å². The maximum atomic E-state index is 13.4. The van der Waals surface area contributed by atoms with Crippen molar-refractivity contribution in [3.63, 3.8) is 0 Å². The number of rotatable bonds is 3. The van der Waals surface area contributed by atoms with E-state index in [0.717, 1.165) is 49.9 Å². The molecule has 1 aromatic heterocycles. The van der Waals surface area contributed by atoms with Gasteiger partial charge in [0.25, 0.3) is 5.91 Å². The zero-order chi connectivity index (χ0) is 20.4. The number of anilines is 2. The fraction of sp³-hybridized carbons (Fsp3) is 0.450. The summed E-state index contributed by atoms with van der Waals surface area (Å²) in [5.41, 5.74) is 0.164. The van der Waals surface area contributed by atoms with E-state index >= 15 is 0 Å². The summed E-state index contributed by atoms with van der Waals surface area (Å²) in [6.45, 7) is 6.10. The number of hydrogen-bond donors (Lipinski definition) is 0. The van der Waals surface area contributed by atoms with Gasteiger partial charge < -0.3 is 19.6 Å². The number of halogens is 2. The number of piperazine rings is 2. The fourth-order valence-electron chi connectivity index (χ4n) is 3.67. The van der Waals surface area contributed by atoms with Crippen molar-refractivity contribution in [2.24, 2.45) is 0 Å². The normalized spacial score (nSPS) is 18.2. The molecule has 0 N–H and O–H groups in total. The number of amides is 1. The number of likely N-dealkylation sites (N-methyl/N-ethyl adjacent to an activating group) is 1. The number of carbonyl (C=O) groups is 1. The Morgan fingerprint density at radius 3 is 2.00 bits per heavy atom. The molecule has 4 rings (SSSR count). The minimum Gasteiger partial charge on any atom is -0.354 e. The Kier molecular flexibility index (Phi) is 5.57. The Bertz CT molecular complexity index is 879. The lowest BCUT2D eigenvalue weighted by atomic mass is 10.1. The molecule has 2 aliphatic heterocycles. The molecule has 9 heteroatoms. The maximum Gasteiger partial charge on any atom is 0.254 e. The van der Waals surface area contributed by atoms with Crippen LogP contribution >= 0.6 is 0 Å². The van der Waals surface area contributed by atoms with Gasteiger partial charge >= 0.3 is 0 Å². The Labute approximate surface area is 168 Å². The van der Waals surface area contributed by atoms with Gasteiger partial charge in [0.05, 0.1) is 0 Å². The van der Waals surface area contributed by atoms with Crippen molar-refractivity contribution < 1.29 is 13.6 Å². The van der Waals surface area contributed by atoms with Crippen LogP contribution in [-0.2, 0) is 0 Å². The van der Waals surface area contributed by atoms with Crippen molar-refractivity contribution >= 4 is 17.5 Å². The maximum absolute atomic E-state index is 13.4. The molecular weight excluding hydrogens is 378 g/mol. The SMILES string of the molecule is CN1CCN(c2cc(N3CCN(C(=O)c4ccc(F)c(F)c4)CC3)ncn2)CC1. The third-order valence-electron chi connectivity index (χ3n) is 5.52. The fourth-order valence-corrected chi connectivity index (χ4v) is 3.67. The van der Waals surface area contributed by atoms with Crippen LogP contribution in [0.5, 0.6) is 0 Å². The molecule has 0 aliphatic carbocycles. The van der Waals surface area contributed by atoms with E-state index in [1.807, 2.05) is 6.07 Å². The molecule has 1 amide bonds. The van der Waals surface area contributed by atoms with Crippen molar-refractivity contribution in [1.29, 1.82) is 0 Å². The summed E-state index contributed by atoms with van der Waals surface area (Å²) in [6.07, 6.45) is 1.59. The second-order valence-electron chi connectivity index (χ2n) is 7.43. The molecule has 0 bridgehead atoms. The lowest BCUT2D eigenvalue weighted by molar-refractivity contribution is 0.0746. The molecule has 1 aromatic carbocycles. The van der Waals surface area contributed by atoms with E-state index in [0.29, 0.717) is 26.2 Å². The quantitative estimate of drug-likeness (QED) is 0.775. The molecule has 7 nitrogen and oxygen atoms in total. The Morgan fingerprint density at radius 2 is 1.41 bits per heavy atom. The molecule has 0 spiro atoms. The van der Waals surface area contributed by atoms with E-state index in [2.05, 4.69) is 31.7 Å². The molecule has 0 radical (unpaired) electrons. The summed E-state index contributed by atoms with van der Waals surface area (Å²) in [6, 6.07) is 5.26. The summed E-state index contributed by atoms with van der Waals surface area (Å²) < 4.78 is 26.5. The number of benzene rings is 1. The van der Waals surface area contributed by atoms with Gasteiger partial charge in [-0.1, -0.05) is 0 Å².